The van der Waals surface area contributed by atoms with Crippen LogP contribution < -0.4 is 18.9 Å². The Balaban J connectivity index is 1.88. The summed E-state index contributed by atoms with van der Waals surface area (Å²) >= 11 is 0. The first kappa shape index (κ1) is 24.9. The van der Waals surface area contributed by atoms with E-state index in [4.69, 9.17) is 18.9 Å². The first-order valence-corrected chi connectivity index (χ1v) is 12.2. The minimum Gasteiger partial charge on any atom is -0.497 e. The van der Waals surface area contributed by atoms with E-state index in [9.17, 15) is 4.79 Å². The zero-order valence-corrected chi connectivity index (χ0v) is 21.8. The maximum absolute atomic E-state index is 14.6. The van der Waals surface area contributed by atoms with Crippen molar-refractivity contribution < 1.29 is 23.7 Å². The number of benzene rings is 4. The highest BCUT2D eigenvalue weighted by Gasteiger charge is 2.36. The molecule has 5 heteroatoms. The molecule has 0 heterocycles. The van der Waals surface area contributed by atoms with Crippen LogP contribution in [0, 0.1) is 0 Å². The standard InChI is InChI=1S/C33H28O5/c1-35-25-15-23(16-26(19-25)36-2)31-29(21-11-7-5-8-12-21)30(22-13-9-6-10-14-22)32(33(31)34)24-17-27(37-3)20-28(18-24)38-4/h5-20H,1-4H3. The molecule has 4 aromatic rings. The topological polar surface area (TPSA) is 54.0 Å². The van der Waals surface area contributed by atoms with Crippen molar-refractivity contribution in [2.24, 2.45) is 0 Å². The Morgan fingerprint density at radius 2 is 0.711 bits per heavy atom. The van der Waals surface area contributed by atoms with Gasteiger partial charge in [-0.25, -0.2) is 0 Å². The molecule has 0 saturated heterocycles. The molecular formula is C33H28O5. The number of ketones is 1. The molecule has 1 aliphatic carbocycles. The highest BCUT2D eigenvalue weighted by molar-refractivity contribution is 6.59. The number of carbonyl (C=O) groups excluding carboxylic acids is 1. The molecule has 0 atom stereocenters. The van der Waals surface area contributed by atoms with Crippen LogP contribution in [0.3, 0.4) is 0 Å². The summed E-state index contributed by atoms with van der Waals surface area (Å²) in [6.45, 7) is 0. The Morgan fingerprint density at radius 3 is 1.00 bits per heavy atom. The van der Waals surface area contributed by atoms with E-state index in [0.717, 1.165) is 22.3 Å². The molecule has 5 rings (SSSR count). The lowest BCUT2D eigenvalue weighted by molar-refractivity contribution is -0.108. The van der Waals surface area contributed by atoms with Gasteiger partial charge in [-0.3, -0.25) is 4.79 Å². The highest BCUT2D eigenvalue weighted by atomic mass is 16.5. The molecule has 0 aliphatic heterocycles. The fourth-order valence-corrected chi connectivity index (χ4v) is 4.84. The number of ether oxygens (including phenoxy) is 4. The molecule has 0 N–H and O–H groups in total. The van der Waals surface area contributed by atoms with E-state index in [1.807, 2.05) is 84.9 Å². The van der Waals surface area contributed by atoms with Gasteiger partial charge in [0.1, 0.15) is 23.0 Å². The average molecular weight is 505 g/mol. The summed E-state index contributed by atoms with van der Waals surface area (Å²) in [6.07, 6.45) is 0. The number of allylic oxidation sites excluding steroid dienone is 4. The Kier molecular flexibility index (Phi) is 7.00. The smallest absolute Gasteiger partial charge is 0.195 e. The molecule has 0 fully saturated rings. The van der Waals surface area contributed by atoms with Gasteiger partial charge in [-0.15, -0.1) is 0 Å². The van der Waals surface area contributed by atoms with E-state index in [1.165, 1.54) is 0 Å². The van der Waals surface area contributed by atoms with Gasteiger partial charge in [0.15, 0.2) is 5.78 Å². The summed E-state index contributed by atoms with van der Waals surface area (Å²) in [6, 6.07) is 31.0. The second-order valence-electron chi connectivity index (χ2n) is 8.76. The van der Waals surface area contributed by atoms with Gasteiger partial charge in [-0.2, -0.15) is 0 Å². The molecule has 0 radical (unpaired) electrons. The van der Waals surface area contributed by atoms with Crippen LogP contribution in [-0.4, -0.2) is 34.2 Å². The normalized spacial score (nSPS) is 13.1. The van der Waals surface area contributed by atoms with Crippen molar-refractivity contribution in [1.29, 1.82) is 0 Å². The number of hydrogen-bond acceptors (Lipinski definition) is 5. The zero-order chi connectivity index (χ0) is 26.6. The minimum atomic E-state index is -0.103. The first-order valence-electron chi connectivity index (χ1n) is 12.2. The van der Waals surface area contributed by atoms with E-state index in [2.05, 4.69) is 0 Å². The van der Waals surface area contributed by atoms with Gasteiger partial charge in [0.05, 0.1) is 28.4 Å². The van der Waals surface area contributed by atoms with Gasteiger partial charge in [0.2, 0.25) is 0 Å². The number of hydrogen-bond donors (Lipinski definition) is 0. The molecule has 1 aliphatic rings. The summed E-state index contributed by atoms with van der Waals surface area (Å²) in [5.74, 6) is 2.30. The molecule has 0 spiro atoms. The largest absolute Gasteiger partial charge is 0.497 e. The summed E-state index contributed by atoms with van der Waals surface area (Å²) in [4.78, 5) is 14.6. The van der Waals surface area contributed by atoms with E-state index in [-0.39, 0.29) is 5.78 Å². The second-order valence-corrected chi connectivity index (χ2v) is 8.76. The summed E-state index contributed by atoms with van der Waals surface area (Å²) in [5, 5.41) is 0. The van der Waals surface area contributed by atoms with Crippen molar-refractivity contribution in [3.63, 3.8) is 0 Å². The van der Waals surface area contributed by atoms with Gasteiger partial charge in [-0.1, -0.05) is 60.7 Å². The monoisotopic (exact) mass is 504 g/mol. The lowest BCUT2D eigenvalue weighted by Gasteiger charge is -2.14. The summed E-state index contributed by atoms with van der Waals surface area (Å²) in [5.41, 5.74) is 6.12. The SMILES string of the molecule is COc1cc(OC)cc(C2=C(c3ccccc3)C(c3ccccc3)=C(c3cc(OC)cc(OC)c3)C2=O)c1. The van der Waals surface area contributed by atoms with Crippen LogP contribution in [-0.2, 0) is 4.79 Å². The van der Waals surface area contributed by atoms with Crippen molar-refractivity contribution in [3.05, 3.63) is 119 Å². The predicted octanol–water partition coefficient (Wildman–Crippen LogP) is 6.83. The van der Waals surface area contributed by atoms with Crippen LogP contribution in [0.15, 0.2) is 97.1 Å². The third kappa shape index (κ3) is 4.55. The van der Waals surface area contributed by atoms with Crippen LogP contribution in [0.1, 0.15) is 22.3 Å². The lowest BCUT2D eigenvalue weighted by atomic mass is 9.89. The van der Waals surface area contributed by atoms with Gasteiger partial charge in [0.25, 0.3) is 0 Å². The van der Waals surface area contributed by atoms with Gasteiger partial charge in [0, 0.05) is 34.4 Å². The number of methoxy groups -OCH3 is 4. The minimum absolute atomic E-state index is 0.103. The van der Waals surface area contributed by atoms with Gasteiger partial charge < -0.3 is 18.9 Å². The van der Waals surface area contributed by atoms with Crippen LogP contribution in [0.2, 0.25) is 0 Å². The van der Waals surface area contributed by atoms with E-state index < -0.39 is 0 Å². The third-order valence-corrected chi connectivity index (χ3v) is 6.61. The van der Waals surface area contributed by atoms with Gasteiger partial charge in [-0.05, 0) is 46.5 Å². The number of rotatable bonds is 8. The fourth-order valence-electron chi connectivity index (χ4n) is 4.84. The Labute approximate surface area is 222 Å². The average Bonchev–Trinajstić information content (AvgIpc) is 3.30. The zero-order valence-electron chi connectivity index (χ0n) is 21.8. The Hall–Kier alpha value is -4.77. The molecule has 0 aromatic heterocycles. The molecule has 0 amide bonds. The molecule has 5 nitrogen and oxygen atoms in total. The van der Waals surface area contributed by atoms with Crippen molar-refractivity contribution >= 4 is 28.1 Å². The fraction of sp³-hybridized carbons (Fsp3) is 0.121. The van der Waals surface area contributed by atoms with Crippen LogP contribution in [0.25, 0.3) is 22.3 Å². The van der Waals surface area contributed by atoms with Crippen LogP contribution in [0.5, 0.6) is 23.0 Å². The van der Waals surface area contributed by atoms with Crippen molar-refractivity contribution in [1.82, 2.24) is 0 Å². The molecular weight excluding hydrogens is 476 g/mol. The van der Waals surface area contributed by atoms with E-state index in [0.29, 0.717) is 45.3 Å². The summed E-state index contributed by atoms with van der Waals surface area (Å²) in [7, 11) is 6.40. The van der Waals surface area contributed by atoms with Crippen molar-refractivity contribution in [2.75, 3.05) is 28.4 Å². The molecule has 0 bridgehead atoms. The van der Waals surface area contributed by atoms with Crippen LogP contribution >= 0.6 is 0 Å². The van der Waals surface area contributed by atoms with Crippen molar-refractivity contribution in [3.8, 4) is 23.0 Å². The Bertz CT molecular complexity index is 1390. The van der Waals surface area contributed by atoms with E-state index in [1.54, 1.807) is 40.6 Å². The maximum Gasteiger partial charge on any atom is 0.195 e. The lowest BCUT2D eigenvalue weighted by Crippen LogP contribution is -2.03. The quantitative estimate of drug-likeness (QED) is 0.263. The molecule has 4 aromatic carbocycles. The first-order chi connectivity index (χ1) is 18.6. The Morgan fingerprint density at radius 1 is 0.395 bits per heavy atom. The predicted molar refractivity (Wildman–Crippen MR) is 151 cm³/mol. The molecule has 0 saturated carbocycles. The van der Waals surface area contributed by atoms with Crippen molar-refractivity contribution in [2.45, 2.75) is 0 Å². The number of carbonyl (C=O) groups is 1. The maximum atomic E-state index is 14.6. The van der Waals surface area contributed by atoms with Crippen LogP contribution in [0.4, 0.5) is 0 Å². The van der Waals surface area contributed by atoms with Gasteiger partial charge >= 0.3 is 0 Å². The third-order valence-electron chi connectivity index (χ3n) is 6.61. The molecule has 190 valence electrons. The second kappa shape index (κ2) is 10.7. The molecule has 38 heavy (non-hydrogen) atoms. The highest BCUT2D eigenvalue weighted by Crippen LogP contribution is 2.51. The van der Waals surface area contributed by atoms with E-state index >= 15 is 0 Å². The molecule has 0 unspecified atom stereocenters. The number of Topliss-reactive ketones (excluding diaryl/α,β-unsaturated/α-hetero) is 1. The summed E-state index contributed by atoms with van der Waals surface area (Å²) < 4.78 is 22.2.